The second kappa shape index (κ2) is 5.58. The van der Waals surface area contributed by atoms with Crippen LogP contribution in [0.15, 0.2) is 36.4 Å². The SMILES string of the molecule is CCc1ccccc1C(N)c1c(C)cc(C)cc1C. The summed E-state index contributed by atoms with van der Waals surface area (Å²) in [5, 5.41) is 0. The van der Waals surface area contributed by atoms with Crippen LogP contribution in [0, 0.1) is 20.8 Å². The number of rotatable bonds is 3. The topological polar surface area (TPSA) is 26.0 Å². The lowest BCUT2D eigenvalue weighted by molar-refractivity contribution is 0.832. The zero-order chi connectivity index (χ0) is 14.0. The summed E-state index contributed by atoms with van der Waals surface area (Å²) >= 11 is 0. The molecule has 2 aromatic rings. The summed E-state index contributed by atoms with van der Waals surface area (Å²) in [6.45, 7) is 8.63. The molecule has 1 unspecified atom stereocenters. The molecule has 2 N–H and O–H groups in total. The van der Waals surface area contributed by atoms with E-state index in [1.807, 2.05) is 0 Å². The van der Waals surface area contributed by atoms with Crippen LogP contribution in [-0.2, 0) is 6.42 Å². The Balaban J connectivity index is 2.53. The van der Waals surface area contributed by atoms with E-state index in [-0.39, 0.29) is 6.04 Å². The molecule has 0 spiro atoms. The number of hydrogen-bond donors (Lipinski definition) is 1. The summed E-state index contributed by atoms with van der Waals surface area (Å²) in [7, 11) is 0. The maximum absolute atomic E-state index is 6.54. The van der Waals surface area contributed by atoms with E-state index in [0.717, 1.165) is 6.42 Å². The van der Waals surface area contributed by atoms with Crippen molar-refractivity contribution in [3.63, 3.8) is 0 Å². The van der Waals surface area contributed by atoms with Gasteiger partial charge in [-0.25, -0.2) is 0 Å². The van der Waals surface area contributed by atoms with Gasteiger partial charge in [0.05, 0.1) is 6.04 Å². The Bertz CT molecular complexity index is 561. The highest BCUT2D eigenvalue weighted by atomic mass is 14.6. The van der Waals surface area contributed by atoms with Gasteiger partial charge in [-0.05, 0) is 55.0 Å². The first kappa shape index (κ1) is 13.8. The van der Waals surface area contributed by atoms with Gasteiger partial charge >= 0.3 is 0 Å². The molecule has 0 radical (unpaired) electrons. The Hall–Kier alpha value is -1.60. The van der Waals surface area contributed by atoms with Gasteiger partial charge in [0.2, 0.25) is 0 Å². The third-order valence-corrected chi connectivity index (χ3v) is 3.82. The van der Waals surface area contributed by atoms with Crippen LogP contribution in [0.3, 0.4) is 0 Å². The Kier molecular flexibility index (Phi) is 4.06. The predicted molar refractivity (Wildman–Crippen MR) is 82.5 cm³/mol. The number of nitrogens with two attached hydrogens (primary N) is 1. The smallest absolute Gasteiger partial charge is 0.0559 e. The lowest BCUT2D eigenvalue weighted by atomic mass is 9.88. The molecule has 0 fully saturated rings. The van der Waals surface area contributed by atoms with Crippen LogP contribution >= 0.6 is 0 Å². The summed E-state index contributed by atoms with van der Waals surface area (Å²) < 4.78 is 0. The second-order valence-electron chi connectivity index (χ2n) is 5.34. The third kappa shape index (κ3) is 2.71. The van der Waals surface area contributed by atoms with Crippen molar-refractivity contribution in [1.82, 2.24) is 0 Å². The van der Waals surface area contributed by atoms with E-state index >= 15 is 0 Å². The van der Waals surface area contributed by atoms with Crippen molar-refractivity contribution in [2.75, 3.05) is 0 Å². The lowest BCUT2D eigenvalue weighted by Crippen LogP contribution is -2.16. The first-order chi connectivity index (χ1) is 9.04. The molecule has 0 aliphatic rings. The van der Waals surface area contributed by atoms with E-state index in [2.05, 4.69) is 64.1 Å². The Morgan fingerprint density at radius 2 is 1.58 bits per heavy atom. The molecule has 19 heavy (non-hydrogen) atoms. The highest BCUT2D eigenvalue weighted by Crippen LogP contribution is 2.29. The van der Waals surface area contributed by atoms with Gasteiger partial charge in [-0.2, -0.15) is 0 Å². The zero-order valence-electron chi connectivity index (χ0n) is 12.3. The fourth-order valence-corrected chi connectivity index (χ4v) is 3.00. The van der Waals surface area contributed by atoms with E-state index in [4.69, 9.17) is 5.73 Å². The molecule has 2 aromatic carbocycles. The first-order valence-electron chi connectivity index (χ1n) is 6.95. The van der Waals surface area contributed by atoms with E-state index in [1.165, 1.54) is 33.4 Å². The number of aryl methyl sites for hydroxylation is 4. The summed E-state index contributed by atoms with van der Waals surface area (Å²) in [6, 6.07) is 12.9. The Labute approximate surface area is 116 Å². The van der Waals surface area contributed by atoms with E-state index in [0.29, 0.717) is 0 Å². The molecule has 2 rings (SSSR count). The predicted octanol–water partition coefficient (Wildman–Crippen LogP) is 4.22. The molecule has 1 heteroatoms. The van der Waals surface area contributed by atoms with Crippen LogP contribution < -0.4 is 5.73 Å². The third-order valence-electron chi connectivity index (χ3n) is 3.82. The molecule has 0 heterocycles. The molecule has 0 saturated carbocycles. The van der Waals surface area contributed by atoms with Crippen molar-refractivity contribution in [1.29, 1.82) is 0 Å². The molecule has 0 aromatic heterocycles. The van der Waals surface area contributed by atoms with Crippen LogP contribution in [0.1, 0.15) is 46.3 Å². The number of hydrogen-bond acceptors (Lipinski definition) is 1. The normalized spacial score (nSPS) is 12.5. The average Bonchev–Trinajstić information content (AvgIpc) is 2.37. The molecule has 100 valence electrons. The van der Waals surface area contributed by atoms with Gasteiger partial charge in [0.15, 0.2) is 0 Å². The molecule has 1 nitrogen and oxygen atoms in total. The molecule has 0 amide bonds. The molecular weight excluding hydrogens is 230 g/mol. The molecule has 0 bridgehead atoms. The standard InChI is InChI=1S/C18H23N/c1-5-15-8-6-7-9-16(15)18(19)17-13(3)10-12(2)11-14(17)4/h6-11,18H,5,19H2,1-4H3. The largest absolute Gasteiger partial charge is 0.320 e. The van der Waals surface area contributed by atoms with Gasteiger partial charge in [0.1, 0.15) is 0 Å². The van der Waals surface area contributed by atoms with E-state index in [1.54, 1.807) is 0 Å². The summed E-state index contributed by atoms with van der Waals surface area (Å²) in [5.41, 5.74) is 14.3. The average molecular weight is 253 g/mol. The Morgan fingerprint density at radius 1 is 1.00 bits per heavy atom. The fraction of sp³-hybridized carbons (Fsp3) is 0.333. The van der Waals surface area contributed by atoms with Gasteiger partial charge in [0.25, 0.3) is 0 Å². The van der Waals surface area contributed by atoms with Crippen LogP contribution in [0.25, 0.3) is 0 Å². The van der Waals surface area contributed by atoms with Crippen molar-refractivity contribution in [3.05, 3.63) is 69.8 Å². The highest BCUT2D eigenvalue weighted by molar-refractivity contribution is 5.45. The monoisotopic (exact) mass is 253 g/mol. The van der Waals surface area contributed by atoms with Gasteiger partial charge < -0.3 is 5.73 Å². The lowest BCUT2D eigenvalue weighted by Gasteiger charge is -2.21. The molecule has 1 atom stereocenters. The number of benzene rings is 2. The zero-order valence-corrected chi connectivity index (χ0v) is 12.3. The maximum atomic E-state index is 6.54. The maximum Gasteiger partial charge on any atom is 0.0559 e. The quantitative estimate of drug-likeness (QED) is 0.870. The van der Waals surface area contributed by atoms with Gasteiger partial charge in [-0.1, -0.05) is 48.9 Å². The molecule has 0 aliphatic heterocycles. The second-order valence-corrected chi connectivity index (χ2v) is 5.34. The van der Waals surface area contributed by atoms with Crippen LogP contribution in [0.4, 0.5) is 0 Å². The van der Waals surface area contributed by atoms with Gasteiger partial charge in [0, 0.05) is 0 Å². The van der Waals surface area contributed by atoms with Crippen molar-refractivity contribution in [3.8, 4) is 0 Å². The van der Waals surface area contributed by atoms with E-state index in [9.17, 15) is 0 Å². The van der Waals surface area contributed by atoms with Crippen molar-refractivity contribution in [2.45, 2.75) is 40.2 Å². The Morgan fingerprint density at radius 3 is 2.16 bits per heavy atom. The van der Waals surface area contributed by atoms with Gasteiger partial charge in [-0.3, -0.25) is 0 Å². The minimum absolute atomic E-state index is 0.0308. The van der Waals surface area contributed by atoms with Crippen LogP contribution in [0.2, 0.25) is 0 Å². The minimum atomic E-state index is -0.0308. The summed E-state index contributed by atoms with van der Waals surface area (Å²) in [5.74, 6) is 0. The summed E-state index contributed by atoms with van der Waals surface area (Å²) in [6.07, 6.45) is 1.02. The van der Waals surface area contributed by atoms with Crippen molar-refractivity contribution >= 4 is 0 Å². The van der Waals surface area contributed by atoms with Gasteiger partial charge in [-0.15, -0.1) is 0 Å². The molecule has 0 saturated heterocycles. The molecule has 0 aliphatic carbocycles. The minimum Gasteiger partial charge on any atom is -0.320 e. The first-order valence-corrected chi connectivity index (χ1v) is 6.95. The highest BCUT2D eigenvalue weighted by Gasteiger charge is 2.16. The van der Waals surface area contributed by atoms with E-state index < -0.39 is 0 Å². The van der Waals surface area contributed by atoms with Crippen molar-refractivity contribution in [2.24, 2.45) is 5.73 Å². The summed E-state index contributed by atoms with van der Waals surface area (Å²) in [4.78, 5) is 0. The van der Waals surface area contributed by atoms with Crippen molar-refractivity contribution < 1.29 is 0 Å². The fourth-order valence-electron chi connectivity index (χ4n) is 3.00. The molecular formula is C18H23N. The van der Waals surface area contributed by atoms with Crippen LogP contribution in [0.5, 0.6) is 0 Å². The van der Waals surface area contributed by atoms with Crippen LogP contribution in [-0.4, -0.2) is 0 Å².